The first-order valence-corrected chi connectivity index (χ1v) is 9.23. The highest BCUT2D eigenvalue weighted by Crippen LogP contribution is 2.35. The average Bonchev–Trinajstić information content (AvgIpc) is 2.85. The first-order valence-electron chi connectivity index (χ1n) is 8.85. The molecule has 2 aromatic rings. The van der Waals surface area contributed by atoms with Crippen LogP contribution in [0.5, 0.6) is 0 Å². The van der Waals surface area contributed by atoms with Crippen LogP contribution in [0.4, 0.5) is 5.69 Å². The van der Waals surface area contributed by atoms with Gasteiger partial charge in [-0.3, -0.25) is 9.89 Å². The summed E-state index contributed by atoms with van der Waals surface area (Å²) in [5.74, 6) is 0.858. The number of nitrogens with zero attached hydrogens (tertiary/aromatic N) is 4. The molecule has 128 valence electrons. The van der Waals surface area contributed by atoms with Crippen molar-refractivity contribution in [1.82, 2.24) is 0 Å². The van der Waals surface area contributed by atoms with Crippen molar-refractivity contribution in [3.05, 3.63) is 76.5 Å². The molecule has 1 aliphatic carbocycles. The van der Waals surface area contributed by atoms with Gasteiger partial charge in [-0.15, -0.1) is 5.10 Å². The summed E-state index contributed by atoms with van der Waals surface area (Å²) >= 11 is 6.35. The first kappa shape index (κ1) is 15.5. The Kier molecular flexibility index (Phi) is 3.71. The summed E-state index contributed by atoms with van der Waals surface area (Å²) < 4.78 is 0. The number of rotatable bonds is 1. The summed E-state index contributed by atoms with van der Waals surface area (Å²) in [5.41, 5.74) is 6.32. The van der Waals surface area contributed by atoms with Crippen molar-refractivity contribution in [2.75, 3.05) is 11.4 Å². The molecule has 0 bridgehead atoms. The Labute approximate surface area is 157 Å². The zero-order chi connectivity index (χ0) is 17.5. The van der Waals surface area contributed by atoms with Crippen molar-refractivity contribution in [3.63, 3.8) is 0 Å². The van der Waals surface area contributed by atoms with Crippen molar-refractivity contribution < 1.29 is 0 Å². The van der Waals surface area contributed by atoms with Crippen LogP contribution in [-0.2, 0) is 0 Å². The van der Waals surface area contributed by atoms with Gasteiger partial charge in [0, 0.05) is 16.1 Å². The Morgan fingerprint density at radius 2 is 1.88 bits per heavy atom. The summed E-state index contributed by atoms with van der Waals surface area (Å²) in [6, 6.07) is 16.2. The molecule has 0 N–H and O–H groups in total. The predicted octanol–water partition coefficient (Wildman–Crippen LogP) is 4.83. The number of aliphatic imine (C=N–C) groups is 1. The van der Waals surface area contributed by atoms with Crippen molar-refractivity contribution in [2.45, 2.75) is 19.3 Å². The van der Waals surface area contributed by atoms with Crippen LogP contribution in [-0.4, -0.2) is 23.8 Å². The van der Waals surface area contributed by atoms with E-state index in [1.54, 1.807) is 0 Å². The fraction of sp³-hybridized carbons (Fsp3) is 0.190. The van der Waals surface area contributed by atoms with Gasteiger partial charge >= 0.3 is 0 Å². The first-order chi connectivity index (χ1) is 12.8. The molecule has 5 rings (SSSR count). The van der Waals surface area contributed by atoms with E-state index in [1.807, 2.05) is 30.3 Å². The largest absolute Gasteiger partial charge is 0.293 e. The fourth-order valence-corrected chi connectivity index (χ4v) is 3.89. The van der Waals surface area contributed by atoms with Gasteiger partial charge in [0.2, 0.25) is 0 Å². The van der Waals surface area contributed by atoms with E-state index >= 15 is 0 Å². The monoisotopic (exact) mass is 360 g/mol. The number of amidine groups is 1. The van der Waals surface area contributed by atoms with Gasteiger partial charge in [0.15, 0.2) is 5.84 Å². The molecular weight excluding hydrogens is 344 g/mol. The molecule has 2 aliphatic heterocycles. The lowest BCUT2D eigenvalue weighted by atomic mass is 9.97. The van der Waals surface area contributed by atoms with E-state index in [9.17, 15) is 0 Å². The van der Waals surface area contributed by atoms with Crippen LogP contribution in [0, 0.1) is 0 Å². The van der Waals surface area contributed by atoms with Gasteiger partial charge in [-0.05, 0) is 37.5 Å². The summed E-state index contributed by atoms with van der Waals surface area (Å²) in [6.07, 6.45) is 5.42. The van der Waals surface area contributed by atoms with E-state index in [1.165, 1.54) is 0 Å². The quantitative estimate of drug-likeness (QED) is 0.717. The maximum Gasteiger partial charge on any atom is 0.158 e. The van der Waals surface area contributed by atoms with Gasteiger partial charge in [-0.25, -0.2) is 0 Å². The van der Waals surface area contributed by atoms with E-state index in [0.717, 1.165) is 59.0 Å². The van der Waals surface area contributed by atoms with Crippen LogP contribution in [0.3, 0.4) is 0 Å². The Hall–Kier alpha value is -2.72. The molecule has 5 heteroatoms. The summed E-state index contributed by atoms with van der Waals surface area (Å²) in [6.45, 7) is 0.491. The summed E-state index contributed by atoms with van der Waals surface area (Å²) in [7, 11) is 0. The van der Waals surface area contributed by atoms with E-state index in [2.05, 4.69) is 39.4 Å². The number of fused-ring (bicyclic) bond motifs is 5. The van der Waals surface area contributed by atoms with Crippen LogP contribution in [0.1, 0.15) is 30.4 Å². The molecule has 0 atom stereocenters. The molecule has 2 aromatic carbocycles. The second-order valence-electron chi connectivity index (χ2n) is 6.57. The highest BCUT2D eigenvalue weighted by Gasteiger charge is 2.31. The van der Waals surface area contributed by atoms with Crippen LogP contribution < -0.4 is 4.90 Å². The highest BCUT2D eigenvalue weighted by atomic mass is 35.5. The minimum atomic E-state index is 0.491. The molecule has 2 heterocycles. The lowest BCUT2D eigenvalue weighted by molar-refractivity contribution is 0.847. The van der Waals surface area contributed by atoms with Crippen LogP contribution in [0.2, 0.25) is 5.02 Å². The number of anilines is 1. The fourth-order valence-electron chi connectivity index (χ4n) is 3.72. The molecule has 0 saturated carbocycles. The van der Waals surface area contributed by atoms with Gasteiger partial charge in [0.1, 0.15) is 6.54 Å². The zero-order valence-corrected chi connectivity index (χ0v) is 14.9. The maximum atomic E-state index is 6.35. The number of hydrogen-bond donors (Lipinski definition) is 0. The molecule has 0 radical (unpaired) electrons. The topological polar surface area (TPSA) is 40.3 Å². The third kappa shape index (κ3) is 2.49. The van der Waals surface area contributed by atoms with Crippen molar-refractivity contribution >= 4 is 34.5 Å². The van der Waals surface area contributed by atoms with Gasteiger partial charge < -0.3 is 0 Å². The lowest BCUT2D eigenvalue weighted by Crippen LogP contribution is -2.38. The molecule has 0 amide bonds. The molecule has 0 fully saturated rings. The van der Waals surface area contributed by atoms with Gasteiger partial charge in [-0.1, -0.05) is 48.0 Å². The van der Waals surface area contributed by atoms with Crippen LogP contribution in [0.25, 0.3) is 0 Å². The zero-order valence-electron chi connectivity index (χ0n) is 14.2. The second kappa shape index (κ2) is 6.22. The molecule has 26 heavy (non-hydrogen) atoms. The second-order valence-corrected chi connectivity index (χ2v) is 7.01. The number of allylic oxidation sites excluding steroid dienone is 2. The van der Waals surface area contributed by atoms with Crippen LogP contribution >= 0.6 is 11.6 Å². The molecule has 4 nitrogen and oxygen atoms in total. The van der Waals surface area contributed by atoms with E-state index in [-0.39, 0.29) is 0 Å². The number of halogens is 1. The lowest BCUT2D eigenvalue weighted by Gasteiger charge is -2.32. The average molecular weight is 361 g/mol. The normalized spacial score (nSPS) is 18.4. The molecule has 3 aliphatic rings. The molecule has 0 spiro atoms. The number of hydrogen-bond acceptors (Lipinski definition) is 4. The Balaban J connectivity index is 1.74. The van der Waals surface area contributed by atoms with Gasteiger partial charge in [-0.2, -0.15) is 5.10 Å². The molecule has 0 saturated heterocycles. The van der Waals surface area contributed by atoms with Gasteiger partial charge in [0.25, 0.3) is 0 Å². The third-order valence-electron chi connectivity index (χ3n) is 4.92. The Bertz CT molecular complexity index is 1000. The van der Waals surface area contributed by atoms with Crippen molar-refractivity contribution in [3.8, 4) is 0 Å². The minimum absolute atomic E-state index is 0.491. The van der Waals surface area contributed by atoms with E-state index < -0.39 is 0 Å². The summed E-state index contributed by atoms with van der Waals surface area (Å²) in [4.78, 5) is 7.10. The smallest absolute Gasteiger partial charge is 0.158 e. The van der Waals surface area contributed by atoms with Crippen LogP contribution in [0.15, 0.2) is 75.5 Å². The third-order valence-corrected chi connectivity index (χ3v) is 5.15. The number of benzene rings is 2. The summed E-state index contributed by atoms with van der Waals surface area (Å²) in [5, 5.41) is 9.66. The standard InChI is InChI=1S/C21H17ClN4/c22-15-10-11-18-16(12-15)21(14-6-2-1-3-7-14)23-13-20-25-24-17-8-4-5-9-19(17)26(18)20/h1-3,6-7,9-12H,4-5,8,13H2. The highest BCUT2D eigenvalue weighted by molar-refractivity contribution is 6.32. The Morgan fingerprint density at radius 1 is 1.00 bits per heavy atom. The van der Waals surface area contributed by atoms with Gasteiger partial charge in [0.05, 0.1) is 22.8 Å². The SMILES string of the molecule is Clc1ccc2c(c1)C(c1ccccc1)=NCC1=NN=C3CCCC=C3N12. The van der Waals surface area contributed by atoms with Crippen molar-refractivity contribution in [2.24, 2.45) is 15.2 Å². The minimum Gasteiger partial charge on any atom is -0.293 e. The maximum absolute atomic E-state index is 6.35. The molecular formula is C21H17ClN4. The van der Waals surface area contributed by atoms with E-state index in [4.69, 9.17) is 16.6 Å². The molecule has 0 aromatic heterocycles. The van der Waals surface area contributed by atoms with Crippen molar-refractivity contribution in [1.29, 1.82) is 0 Å². The predicted molar refractivity (Wildman–Crippen MR) is 108 cm³/mol. The molecule has 0 unspecified atom stereocenters. The van der Waals surface area contributed by atoms with E-state index in [0.29, 0.717) is 11.6 Å². The Morgan fingerprint density at radius 3 is 2.77 bits per heavy atom.